The summed E-state index contributed by atoms with van der Waals surface area (Å²) in [6.45, 7) is 2.17. The summed E-state index contributed by atoms with van der Waals surface area (Å²) in [6, 6.07) is 18.0. The van der Waals surface area contributed by atoms with Crippen LogP contribution in [0.2, 0.25) is 0 Å². The lowest BCUT2D eigenvalue weighted by atomic mass is 9.76. The molecule has 2 nitrogen and oxygen atoms in total. The highest BCUT2D eigenvalue weighted by molar-refractivity contribution is 6.15. The van der Waals surface area contributed by atoms with Gasteiger partial charge in [0, 0.05) is 17.0 Å². The molecule has 2 heteroatoms. The molecule has 0 aliphatic heterocycles. The van der Waals surface area contributed by atoms with Crippen LogP contribution in [0.25, 0.3) is 10.8 Å². The Morgan fingerprint density at radius 3 is 2.59 bits per heavy atom. The van der Waals surface area contributed by atoms with Crippen molar-refractivity contribution in [3.63, 3.8) is 0 Å². The zero-order chi connectivity index (χ0) is 15.3. The van der Waals surface area contributed by atoms with Gasteiger partial charge in [0.05, 0.1) is 7.11 Å². The molecule has 4 rings (SSSR count). The van der Waals surface area contributed by atoms with Crippen LogP contribution in [0.4, 0.5) is 0 Å². The minimum atomic E-state index is 0.0905. The van der Waals surface area contributed by atoms with Crippen molar-refractivity contribution in [2.75, 3.05) is 7.11 Å². The van der Waals surface area contributed by atoms with Gasteiger partial charge in [0.15, 0.2) is 5.78 Å². The maximum absolute atomic E-state index is 12.9. The molecule has 1 unspecified atom stereocenters. The fourth-order valence-corrected chi connectivity index (χ4v) is 3.50. The van der Waals surface area contributed by atoms with Crippen molar-refractivity contribution >= 4 is 16.6 Å². The van der Waals surface area contributed by atoms with Crippen LogP contribution >= 0.6 is 0 Å². The minimum Gasteiger partial charge on any atom is -0.497 e. The van der Waals surface area contributed by atoms with E-state index >= 15 is 0 Å². The van der Waals surface area contributed by atoms with Gasteiger partial charge in [0.25, 0.3) is 0 Å². The quantitative estimate of drug-likeness (QED) is 0.657. The van der Waals surface area contributed by atoms with E-state index in [4.69, 9.17) is 4.74 Å². The number of carbonyl (C=O) groups is 1. The molecular weight excluding hydrogens is 272 g/mol. The van der Waals surface area contributed by atoms with Crippen molar-refractivity contribution in [1.29, 1.82) is 0 Å². The molecule has 0 saturated heterocycles. The first kappa shape index (κ1) is 13.1. The topological polar surface area (TPSA) is 26.3 Å². The summed E-state index contributed by atoms with van der Waals surface area (Å²) in [6.07, 6.45) is 0. The molecule has 0 saturated carbocycles. The van der Waals surface area contributed by atoms with Gasteiger partial charge in [-0.3, -0.25) is 4.79 Å². The molecule has 0 amide bonds. The molecule has 1 aliphatic carbocycles. The summed E-state index contributed by atoms with van der Waals surface area (Å²) in [5, 5.41) is 2.35. The fraction of sp³-hybridized carbons (Fsp3) is 0.150. The standard InChI is InChI=1S/C20H16O2/c1-12-15-10-8-14(22-2)11-18(15)20(21)17-9-7-13-5-3-4-6-16(13)19(12)17/h3-12H,1-2H3. The summed E-state index contributed by atoms with van der Waals surface area (Å²) in [5.41, 5.74) is 3.79. The van der Waals surface area contributed by atoms with Crippen LogP contribution in [0, 0.1) is 0 Å². The van der Waals surface area contributed by atoms with E-state index in [1.54, 1.807) is 7.11 Å². The van der Waals surface area contributed by atoms with Gasteiger partial charge in [-0.15, -0.1) is 0 Å². The van der Waals surface area contributed by atoms with E-state index in [1.807, 2.05) is 42.5 Å². The number of ether oxygens (including phenoxy) is 1. The molecule has 3 aromatic carbocycles. The fourth-order valence-electron chi connectivity index (χ4n) is 3.50. The highest BCUT2D eigenvalue weighted by Gasteiger charge is 2.30. The highest BCUT2D eigenvalue weighted by atomic mass is 16.5. The average molecular weight is 288 g/mol. The second-order valence-electron chi connectivity index (χ2n) is 5.75. The Balaban J connectivity index is 2.03. The molecule has 1 atom stereocenters. The molecule has 3 aromatic rings. The first-order chi connectivity index (χ1) is 10.7. The van der Waals surface area contributed by atoms with Gasteiger partial charge in [-0.05, 0) is 34.0 Å². The van der Waals surface area contributed by atoms with Crippen molar-refractivity contribution in [3.05, 3.63) is 76.9 Å². The maximum Gasteiger partial charge on any atom is 0.193 e. The molecule has 0 fully saturated rings. The maximum atomic E-state index is 12.9. The average Bonchev–Trinajstić information content (AvgIpc) is 2.58. The van der Waals surface area contributed by atoms with Gasteiger partial charge in [-0.2, -0.15) is 0 Å². The third-order valence-corrected chi connectivity index (χ3v) is 4.62. The Hall–Kier alpha value is -2.61. The number of hydrogen-bond acceptors (Lipinski definition) is 2. The SMILES string of the molecule is COc1ccc2c(c1)C(=O)c1ccc3ccccc3c1C2C. The lowest BCUT2D eigenvalue weighted by Gasteiger charge is -2.26. The van der Waals surface area contributed by atoms with E-state index in [0.29, 0.717) is 0 Å². The van der Waals surface area contributed by atoms with E-state index in [9.17, 15) is 4.79 Å². The molecule has 0 spiro atoms. The smallest absolute Gasteiger partial charge is 0.193 e. The summed E-state index contributed by atoms with van der Waals surface area (Å²) >= 11 is 0. The van der Waals surface area contributed by atoms with Crippen molar-refractivity contribution in [2.45, 2.75) is 12.8 Å². The second-order valence-corrected chi connectivity index (χ2v) is 5.75. The third-order valence-electron chi connectivity index (χ3n) is 4.62. The number of hydrogen-bond donors (Lipinski definition) is 0. The minimum absolute atomic E-state index is 0.0905. The van der Waals surface area contributed by atoms with Crippen molar-refractivity contribution in [2.24, 2.45) is 0 Å². The lowest BCUT2D eigenvalue weighted by molar-refractivity contribution is 0.103. The molecule has 0 radical (unpaired) electrons. The molecular formula is C20H16O2. The summed E-state index contributed by atoms with van der Waals surface area (Å²) < 4.78 is 5.27. The number of ketones is 1. The van der Waals surface area contributed by atoms with Crippen molar-refractivity contribution < 1.29 is 9.53 Å². The summed E-state index contributed by atoms with van der Waals surface area (Å²) in [7, 11) is 1.62. The Labute approximate surface area is 129 Å². The van der Waals surface area contributed by atoms with Gasteiger partial charge in [0.2, 0.25) is 0 Å². The summed E-state index contributed by atoms with van der Waals surface area (Å²) in [4.78, 5) is 12.9. The zero-order valence-corrected chi connectivity index (χ0v) is 12.6. The van der Waals surface area contributed by atoms with E-state index in [2.05, 4.69) is 19.1 Å². The first-order valence-electron chi connectivity index (χ1n) is 7.45. The summed E-state index contributed by atoms with van der Waals surface area (Å²) in [5.74, 6) is 1.01. The Morgan fingerprint density at radius 1 is 0.955 bits per heavy atom. The lowest BCUT2D eigenvalue weighted by Crippen LogP contribution is -2.18. The molecule has 1 aliphatic rings. The number of rotatable bonds is 1. The molecule has 22 heavy (non-hydrogen) atoms. The van der Waals surface area contributed by atoms with Crippen LogP contribution in [-0.4, -0.2) is 12.9 Å². The zero-order valence-electron chi connectivity index (χ0n) is 12.6. The largest absolute Gasteiger partial charge is 0.497 e. The van der Waals surface area contributed by atoms with Crippen molar-refractivity contribution in [1.82, 2.24) is 0 Å². The van der Waals surface area contributed by atoms with Crippen LogP contribution in [0.1, 0.15) is 39.9 Å². The number of methoxy groups -OCH3 is 1. The normalized spacial score (nSPS) is 16.3. The Bertz CT molecular complexity index is 909. The van der Waals surface area contributed by atoms with Gasteiger partial charge in [-0.1, -0.05) is 49.4 Å². The van der Waals surface area contributed by atoms with E-state index < -0.39 is 0 Å². The molecule has 0 N–H and O–H groups in total. The van der Waals surface area contributed by atoms with Crippen LogP contribution in [0.15, 0.2) is 54.6 Å². The van der Waals surface area contributed by atoms with Crippen LogP contribution in [0.5, 0.6) is 5.75 Å². The molecule has 108 valence electrons. The molecule has 0 bridgehead atoms. The highest BCUT2D eigenvalue weighted by Crippen LogP contribution is 2.41. The predicted octanol–water partition coefficient (Wildman–Crippen LogP) is 4.54. The monoisotopic (exact) mass is 288 g/mol. The van der Waals surface area contributed by atoms with E-state index in [1.165, 1.54) is 10.8 Å². The number of fused-ring (bicyclic) bond motifs is 4. The first-order valence-corrected chi connectivity index (χ1v) is 7.45. The van der Waals surface area contributed by atoms with E-state index in [0.717, 1.165) is 28.0 Å². The Kier molecular flexibility index (Phi) is 2.80. The van der Waals surface area contributed by atoms with Gasteiger partial charge in [0.1, 0.15) is 5.75 Å². The van der Waals surface area contributed by atoms with Crippen LogP contribution in [0.3, 0.4) is 0 Å². The van der Waals surface area contributed by atoms with Gasteiger partial charge in [-0.25, -0.2) is 0 Å². The molecule has 0 aromatic heterocycles. The number of carbonyl (C=O) groups excluding carboxylic acids is 1. The molecule has 0 heterocycles. The van der Waals surface area contributed by atoms with Crippen LogP contribution in [-0.2, 0) is 0 Å². The number of benzene rings is 3. The van der Waals surface area contributed by atoms with Gasteiger partial charge >= 0.3 is 0 Å². The van der Waals surface area contributed by atoms with E-state index in [-0.39, 0.29) is 11.7 Å². The van der Waals surface area contributed by atoms with Crippen molar-refractivity contribution in [3.8, 4) is 5.75 Å². The predicted molar refractivity (Wildman–Crippen MR) is 87.9 cm³/mol. The van der Waals surface area contributed by atoms with Gasteiger partial charge < -0.3 is 4.74 Å². The third kappa shape index (κ3) is 1.70. The van der Waals surface area contributed by atoms with Crippen LogP contribution < -0.4 is 4.74 Å². The Morgan fingerprint density at radius 2 is 1.77 bits per heavy atom. The second kappa shape index (κ2) is 4.70.